The van der Waals surface area contributed by atoms with E-state index in [0.717, 1.165) is 30.5 Å². The third kappa shape index (κ3) is 3.31. The summed E-state index contributed by atoms with van der Waals surface area (Å²) in [6.07, 6.45) is 1.77. The van der Waals surface area contributed by atoms with Crippen LogP contribution in [0.1, 0.15) is 19.8 Å². The molecular formula is C14H20BrNO2S. The molecule has 0 aliphatic carbocycles. The molecule has 5 heteroatoms. The van der Waals surface area contributed by atoms with Crippen LogP contribution in [0.25, 0.3) is 0 Å². The topological polar surface area (TPSA) is 37.4 Å². The lowest BCUT2D eigenvalue weighted by Crippen LogP contribution is -2.22. The zero-order chi connectivity index (χ0) is 13.9. The second kappa shape index (κ2) is 6.27. The van der Waals surface area contributed by atoms with E-state index in [9.17, 15) is 8.42 Å². The van der Waals surface area contributed by atoms with E-state index >= 15 is 0 Å². The maximum atomic E-state index is 12.3. The maximum Gasteiger partial charge on any atom is 0.180 e. The molecule has 1 unspecified atom stereocenters. The molecule has 1 saturated heterocycles. The van der Waals surface area contributed by atoms with Crippen LogP contribution in [0.2, 0.25) is 0 Å². The Bertz CT molecular complexity index is 530. The first-order valence-electron chi connectivity index (χ1n) is 6.71. The lowest BCUT2D eigenvalue weighted by atomic mass is 10.2. The summed E-state index contributed by atoms with van der Waals surface area (Å²) in [5.41, 5.74) is 0.874. The van der Waals surface area contributed by atoms with E-state index < -0.39 is 9.84 Å². The quantitative estimate of drug-likeness (QED) is 0.769. The van der Waals surface area contributed by atoms with Crippen molar-refractivity contribution in [1.82, 2.24) is 0 Å². The second-order valence-corrected chi connectivity index (χ2v) is 7.77. The molecule has 19 heavy (non-hydrogen) atoms. The van der Waals surface area contributed by atoms with Gasteiger partial charge in [0.25, 0.3) is 0 Å². The smallest absolute Gasteiger partial charge is 0.180 e. The maximum absolute atomic E-state index is 12.3. The predicted octanol–water partition coefficient (Wildman–Crippen LogP) is 3.09. The average Bonchev–Trinajstić information content (AvgIpc) is 2.87. The van der Waals surface area contributed by atoms with Gasteiger partial charge < -0.3 is 4.90 Å². The normalized spacial score (nSPS) is 19.9. The third-order valence-electron chi connectivity index (χ3n) is 3.52. The van der Waals surface area contributed by atoms with E-state index in [1.807, 2.05) is 25.1 Å². The van der Waals surface area contributed by atoms with Crippen molar-refractivity contribution in [2.24, 2.45) is 5.92 Å². The molecule has 1 aliphatic heterocycles. The summed E-state index contributed by atoms with van der Waals surface area (Å²) in [5.74, 6) is 0.835. The van der Waals surface area contributed by atoms with Gasteiger partial charge in [0.05, 0.1) is 16.3 Å². The Hall–Kier alpha value is -0.550. The average molecular weight is 346 g/mol. The van der Waals surface area contributed by atoms with Crippen molar-refractivity contribution in [2.75, 3.05) is 29.1 Å². The van der Waals surface area contributed by atoms with Gasteiger partial charge in [-0.3, -0.25) is 0 Å². The van der Waals surface area contributed by atoms with Gasteiger partial charge in [-0.1, -0.05) is 35.0 Å². The Labute approximate surface area is 124 Å². The predicted molar refractivity (Wildman–Crippen MR) is 82.9 cm³/mol. The third-order valence-corrected chi connectivity index (χ3v) is 6.39. The van der Waals surface area contributed by atoms with Crippen LogP contribution in [0.15, 0.2) is 29.2 Å². The molecule has 1 fully saturated rings. The Morgan fingerprint density at radius 3 is 2.74 bits per heavy atom. The highest BCUT2D eigenvalue weighted by molar-refractivity contribution is 9.09. The number of nitrogens with zero attached hydrogens (tertiary/aromatic N) is 1. The number of alkyl halides is 1. The summed E-state index contributed by atoms with van der Waals surface area (Å²) in [4.78, 5) is 2.70. The summed E-state index contributed by atoms with van der Waals surface area (Å²) in [6.45, 7) is 3.77. The number of anilines is 1. The van der Waals surface area contributed by atoms with Gasteiger partial charge >= 0.3 is 0 Å². The van der Waals surface area contributed by atoms with Crippen molar-refractivity contribution >= 4 is 31.5 Å². The van der Waals surface area contributed by atoms with Gasteiger partial charge in [-0.25, -0.2) is 8.42 Å². The molecule has 0 spiro atoms. The van der Waals surface area contributed by atoms with E-state index in [-0.39, 0.29) is 5.75 Å². The first kappa shape index (κ1) is 14.9. The van der Waals surface area contributed by atoms with Crippen LogP contribution in [0.5, 0.6) is 0 Å². The monoisotopic (exact) mass is 345 g/mol. The number of hydrogen-bond acceptors (Lipinski definition) is 3. The SMILES string of the molecule is CCCS(=O)(=O)c1ccccc1N1CCC(CBr)C1. The molecule has 2 rings (SSSR count). The zero-order valence-electron chi connectivity index (χ0n) is 11.2. The lowest BCUT2D eigenvalue weighted by Gasteiger charge is -2.21. The molecule has 0 amide bonds. The molecule has 0 N–H and O–H groups in total. The van der Waals surface area contributed by atoms with Crippen LogP contribution in [-0.4, -0.2) is 32.6 Å². The van der Waals surface area contributed by atoms with E-state index in [0.29, 0.717) is 17.2 Å². The number of sulfone groups is 1. The molecule has 1 aromatic carbocycles. The van der Waals surface area contributed by atoms with Crippen molar-refractivity contribution in [3.05, 3.63) is 24.3 Å². The van der Waals surface area contributed by atoms with E-state index in [2.05, 4.69) is 20.8 Å². The number of halogens is 1. The highest BCUT2D eigenvalue weighted by Gasteiger charge is 2.26. The van der Waals surface area contributed by atoms with Gasteiger partial charge in [0.1, 0.15) is 0 Å². The summed E-state index contributed by atoms with van der Waals surface area (Å²) in [5, 5.41) is 0.980. The molecule has 0 bridgehead atoms. The van der Waals surface area contributed by atoms with Crippen LogP contribution in [0.4, 0.5) is 5.69 Å². The van der Waals surface area contributed by atoms with Crippen molar-refractivity contribution in [1.29, 1.82) is 0 Å². The fourth-order valence-electron chi connectivity index (χ4n) is 2.54. The zero-order valence-corrected chi connectivity index (χ0v) is 13.6. The Kier molecular flexibility index (Phi) is 4.90. The van der Waals surface area contributed by atoms with Crippen molar-refractivity contribution < 1.29 is 8.42 Å². The van der Waals surface area contributed by atoms with Gasteiger partial charge in [-0.2, -0.15) is 0 Å². The fourth-order valence-corrected chi connectivity index (χ4v) is 4.63. The molecule has 0 aromatic heterocycles. The minimum atomic E-state index is -3.16. The molecule has 0 radical (unpaired) electrons. The standard InChI is InChI=1S/C14H20BrNO2S/c1-2-9-19(17,18)14-6-4-3-5-13(14)16-8-7-12(10-15)11-16/h3-6,12H,2,7-11H2,1H3. The Morgan fingerprint density at radius 1 is 1.37 bits per heavy atom. The number of rotatable bonds is 5. The largest absolute Gasteiger partial charge is 0.370 e. The summed E-state index contributed by atoms with van der Waals surface area (Å²) in [6, 6.07) is 7.40. The van der Waals surface area contributed by atoms with Gasteiger partial charge in [0.2, 0.25) is 0 Å². The molecular weight excluding hydrogens is 326 g/mol. The van der Waals surface area contributed by atoms with E-state index in [4.69, 9.17) is 0 Å². The molecule has 1 aliphatic rings. The van der Waals surface area contributed by atoms with Crippen LogP contribution in [0.3, 0.4) is 0 Å². The highest BCUT2D eigenvalue weighted by atomic mass is 79.9. The van der Waals surface area contributed by atoms with Gasteiger partial charge in [0, 0.05) is 18.4 Å². The van der Waals surface area contributed by atoms with Gasteiger partial charge in [0.15, 0.2) is 9.84 Å². The Balaban J connectivity index is 2.32. The molecule has 106 valence electrons. The van der Waals surface area contributed by atoms with E-state index in [1.54, 1.807) is 6.07 Å². The van der Waals surface area contributed by atoms with Gasteiger partial charge in [-0.05, 0) is 30.9 Å². The van der Waals surface area contributed by atoms with Crippen molar-refractivity contribution in [2.45, 2.75) is 24.7 Å². The van der Waals surface area contributed by atoms with Crippen molar-refractivity contribution in [3.8, 4) is 0 Å². The van der Waals surface area contributed by atoms with Gasteiger partial charge in [-0.15, -0.1) is 0 Å². The number of benzene rings is 1. The van der Waals surface area contributed by atoms with E-state index in [1.165, 1.54) is 0 Å². The molecule has 1 aromatic rings. The first-order chi connectivity index (χ1) is 9.08. The minimum Gasteiger partial charge on any atom is -0.370 e. The highest BCUT2D eigenvalue weighted by Crippen LogP contribution is 2.31. The Morgan fingerprint density at radius 2 is 2.11 bits per heavy atom. The van der Waals surface area contributed by atoms with Crippen molar-refractivity contribution in [3.63, 3.8) is 0 Å². The van der Waals surface area contributed by atoms with Crippen LogP contribution < -0.4 is 4.90 Å². The lowest BCUT2D eigenvalue weighted by molar-refractivity contribution is 0.594. The van der Waals surface area contributed by atoms with Crippen LogP contribution >= 0.6 is 15.9 Å². The summed E-state index contributed by atoms with van der Waals surface area (Å²) >= 11 is 3.51. The second-order valence-electron chi connectivity index (χ2n) is 5.04. The molecule has 1 atom stereocenters. The minimum absolute atomic E-state index is 0.222. The number of hydrogen-bond donors (Lipinski definition) is 0. The fraction of sp³-hybridized carbons (Fsp3) is 0.571. The first-order valence-corrected chi connectivity index (χ1v) is 9.48. The summed E-state index contributed by atoms with van der Waals surface area (Å²) in [7, 11) is -3.16. The molecule has 3 nitrogen and oxygen atoms in total. The van der Waals surface area contributed by atoms with Crippen LogP contribution in [0, 0.1) is 5.92 Å². The molecule has 0 saturated carbocycles. The molecule has 1 heterocycles. The number of para-hydroxylation sites is 1. The summed E-state index contributed by atoms with van der Waals surface area (Å²) < 4.78 is 24.6. The van der Waals surface area contributed by atoms with Crippen LogP contribution in [-0.2, 0) is 9.84 Å².